The maximum Gasteiger partial charge on any atom is 0.335 e. The Bertz CT molecular complexity index is 1220. The van der Waals surface area contributed by atoms with E-state index in [-0.39, 0.29) is 25.7 Å². The monoisotopic (exact) mass is 546 g/mol. The van der Waals surface area contributed by atoms with Gasteiger partial charge < -0.3 is 29.2 Å². The summed E-state index contributed by atoms with van der Waals surface area (Å²) in [4.78, 5) is 49.8. The molecule has 214 valence electrons. The number of rotatable bonds is 4. The van der Waals surface area contributed by atoms with Crippen LogP contribution < -0.4 is 5.63 Å². The quantitative estimate of drug-likeness (QED) is 0.477. The highest BCUT2D eigenvalue weighted by Gasteiger charge is 2.76. The van der Waals surface area contributed by atoms with E-state index in [0.29, 0.717) is 24.8 Å². The fourth-order valence-corrected chi connectivity index (χ4v) is 8.80. The summed E-state index contributed by atoms with van der Waals surface area (Å²) in [6.07, 6.45) is -0.428. The first kappa shape index (κ1) is 28.0. The van der Waals surface area contributed by atoms with Crippen molar-refractivity contribution >= 4 is 17.7 Å². The molecule has 4 saturated carbocycles. The van der Waals surface area contributed by atoms with Crippen LogP contribution in [0.3, 0.4) is 0 Å². The van der Waals surface area contributed by atoms with Crippen LogP contribution in [0.2, 0.25) is 0 Å². The van der Waals surface area contributed by atoms with Gasteiger partial charge in [-0.05, 0) is 56.6 Å². The topological polar surface area (TPSA) is 161 Å². The van der Waals surface area contributed by atoms with Gasteiger partial charge in [0.05, 0.1) is 22.9 Å². The summed E-state index contributed by atoms with van der Waals surface area (Å²) in [5.41, 5.74) is -5.30. The van der Waals surface area contributed by atoms with Gasteiger partial charge in [0.1, 0.15) is 18.3 Å². The van der Waals surface area contributed by atoms with Crippen molar-refractivity contribution in [2.75, 3.05) is 0 Å². The Balaban J connectivity index is 1.55. The minimum absolute atomic E-state index is 0.0152. The molecule has 1 heterocycles. The summed E-state index contributed by atoms with van der Waals surface area (Å²) in [5, 5.41) is 36.2. The second-order valence-electron chi connectivity index (χ2n) is 12.5. The third-order valence-electron chi connectivity index (χ3n) is 10.8. The normalized spacial score (nSPS) is 45.1. The Labute approximate surface area is 226 Å². The minimum atomic E-state index is -1.50. The zero-order chi connectivity index (χ0) is 28.5. The zero-order valence-corrected chi connectivity index (χ0v) is 22.8. The lowest BCUT2D eigenvalue weighted by atomic mass is 9.40. The molecule has 0 amide bonds. The summed E-state index contributed by atoms with van der Waals surface area (Å²) in [6.45, 7) is 6.36. The highest BCUT2D eigenvalue weighted by atomic mass is 16.6. The molecule has 10 heteroatoms. The maximum absolute atomic E-state index is 14.1. The molecule has 4 aliphatic rings. The first-order chi connectivity index (χ1) is 18.2. The van der Waals surface area contributed by atoms with E-state index in [1.54, 1.807) is 26.8 Å². The molecule has 0 unspecified atom stereocenters. The molecule has 0 aliphatic heterocycles. The smallest absolute Gasteiger partial charge is 0.335 e. The molecule has 1 aromatic heterocycles. The Hall–Kier alpha value is -2.56. The molecule has 4 fully saturated rings. The largest absolute Gasteiger partial charge is 0.459 e. The van der Waals surface area contributed by atoms with Crippen LogP contribution in [0.4, 0.5) is 0 Å². The SMILES string of the molecule is CCC(=O)O[C@@H]1C[C@]2(O)CC[C@@H]3[C@@H]([C@@H](O)C(=O)[C@]4(C)[C@@H](c5ccc(=O)oc5)CC[C@]34O)[C@@]2(C)C[C@@H]1OC(C)=O. The van der Waals surface area contributed by atoms with Gasteiger partial charge in [-0.2, -0.15) is 0 Å². The summed E-state index contributed by atoms with van der Waals surface area (Å²) in [7, 11) is 0. The van der Waals surface area contributed by atoms with Gasteiger partial charge in [0.15, 0.2) is 5.78 Å². The van der Waals surface area contributed by atoms with Crippen molar-refractivity contribution in [2.45, 2.75) is 108 Å². The fraction of sp³-hybridized carbons (Fsp3) is 0.724. The lowest BCUT2D eigenvalue weighted by molar-refractivity contribution is -0.279. The second-order valence-corrected chi connectivity index (χ2v) is 12.5. The van der Waals surface area contributed by atoms with E-state index in [0.717, 1.165) is 0 Å². The van der Waals surface area contributed by atoms with Gasteiger partial charge >= 0.3 is 17.6 Å². The first-order valence-electron chi connectivity index (χ1n) is 13.8. The highest BCUT2D eigenvalue weighted by molar-refractivity contribution is 5.93. The molecule has 0 spiro atoms. The van der Waals surface area contributed by atoms with E-state index < -0.39 is 81.4 Å². The van der Waals surface area contributed by atoms with Crippen LogP contribution in [-0.2, 0) is 23.9 Å². The summed E-state index contributed by atoms with van der Waals surface area (Å²) in [5.74, 6) is -3.40. The summed E-state index contributed by atoms with van der Waals surface area (Å²) >= 11 is 0. The molecular formula is C29H38O10. The zero-order valence-electron chi connectivity index (χ0n) is 22.8. The number of Topliss-reactive ketones (excluding diaryl/α,β-unsaturated/α-hetero) is 1. The number of carbonyl (C=O) groups excluding carboxylic acids is 3. The lowest BCUT2D eigenvalue weighted by Crippen LogP contribution is -2.74. The molecule has 10 nitrogen and oxygen atoms in total. The van der Waals surface area contributed by atoms with Crippen LogP contribution in [0.25, 0.3) is 0 Å². The predicted octanol–water partition coefficient (Wildman–Crippen LogP) is 2.01. The fourth-order valence-electron chi connectivity index (χ4n) is 8.80. The van der Waals surface area contributed by atoms with Crippen molar-refractivity contribution in [1.29, 1.82) is 0 Å². The lowest BCUT2D eigenvalue weighted by Gasteiger charge is -2.66. The van der Waals surface area contributed by atoms with Gasteiger partial charge in [0, 0.05) is 43.1 Å². The molecular weight excluding hydrogens is 508 g/mol. The summed E-state index contributed by atoms with van der Waals surface area (Å²) in [6, 6.07) is 2.88. The van der Waals surface area contributed by atoms with E-state index in [1.807, 2.05) is 0 Å². The van der Waals surface area contributed by atoms with Crippen molar-refractivity contribution < 1.29 is 43.6 Å². The van der Waals surface area contributed by atoms with Crippen molar-refractivity contribution in [3.8, 4) is 0 Å². The van der Waals surface area contributed by atoms with E-state index >= 15 is 0 Å². The maximum atomic E-state index is 14.1. The Morgan fingerprint density at radius 3 is 2.36 bits per heavy atom. The number of hydrogen-bond acceptors (Lipinski definition) is 10. The number of hydrogen-bond donors (Lipinski definition) is 3. The summed E-state index contributed by atoms with van der Waals surface area (Å²) < 4.78 is 16.2. The molecule has 1 aromatic rings. The molecule has 0 bridgehead atoms. The third kappa shape index (κ3) is 3.85. The number of carbonyl (C=O) groups is 3. The Kier molecular flexibility index (Phi) is 6.63. The molecule has 10 atom stereocenters. The first-order valence-corrected chi connectivity index (χ1v) is 13.8. The number of aliphatic hydroxyl groups excluding tert-OH is 1. The van der Waals surface area contributed by atoms with Crippen molar-refractivity contribution in [1.82, 2.24) is 0 Å². The average molecular weight is 547 g/mol. The number of fused-ring (bicyclic) bond motifs is 5. The Morgan fingerprint density at radius 1 is 1.05 bits per heavy atom. The van der Waals surface area contributed by atoms with Crippen LogP contribution in [0.1, 0.15) is 84.1 Å². The van der Waals surface area contributed by atoms with Gasteiger partial charge in [0.25, 0.3) is 0 Å². The Morgan fingerprint density at radius 2 is 1.74 bits per heavy atom. The average Bonchev–Trinajstić information content (AvgIpc) is 3.15. The van der Waals surface area contributed by atoms with E-state index in [2.05, 4.69) is 0 Å². The van der Waals surface area contributed by atoms with Crippen molar-refractivity contribution in [2.24, 2.45) is 22.7 Å². The molecule has 0 radical (unpaired) electrons. The number of esters is 2. The van der Waals surface area contributed by atoms with Crippen molar-refractivity contribution in [3.63, 3.8) is 0 Å². The predicted molar refractivity (Wildman–Crippen MR) is 135 cm³/mol. The number of ether oxygens (including phenoxy) is 2. The van der Waals surface area contributed by atoms with Crippen molar-refractivity contribution in [3.05, 3.63) is 34.4 Å². The van der Waals surface area contributed by atoms with Gasteiger partial charge in [-0.15, -0.1) is 0 Å². The van der Waals surface area contributed by atoms with E-state index in [4.69, 9.17) is 13.9 Å². The van der Waals surface area contributed by atoms with Gasteiger partial charge in [0.2, 0.25) is 0 Å². The van der Waals surface area contributed by atoms with Crippen LogP contribution >= 0.6 is 0 Å². The number of ketones is 1. The number of aliphatic hydroxyl groups is 3. The molecule has 5 rings (SSSR count). The molecule has 39 heavy (non-hydrogen) atoms. The minimum Gasteiger partial charge on any atom is -0.459 e. The van der Waals surface area contributed by atoms with E-state index in [9.17, 15) is 34.5 Å². The van der Waals surface area contributed by atoms with Gasteiger partial charge in [-0.3, -0.25) is 14.4 Å². The molecule has 4 aliphatic carbocycles. The van der Waals surface area contributed by atoms with Gasteiger partial charge in [-0.1, -0.05) is 13.8 Å². The van der Waals surface area contributed by atoms with E-state index in [1.165, 1.54) is 19.3 Å². The van der Waals surface area contributed by atoms with Gasteiger partial charge in [-0.25, -0.2) is 4.79 Å². The van der Waals surface area contributed by atoms with Crippen LogP contribution in [-0.4, -0.2) is 62.6 Å². The van der Waals surface area contributed by atoms with Crippen LogP contribution in [0.5, 0.6) is 0 Å². The second kappa shape index (κ2) is 9.24. The molecule has 0 aromatic carbocycles. The van der Waals surface area contributed by atoms with Crippen LogP contribution in [0.15, 0.2) is 27.6 Å². The molecule has 0 saturated heterocycles. The highest BCUT2D eigenvalue weighted by Crippen LogP contribution is 2.70. The standard InChI is InChI=1S/C29H38O10/c1-5-21(31)39-20-13-28(35)10-8-18-23(26(28,3)12-19(20)38-15(2)30)24(33)25(34)27(4)17(9-11-29(18,27)36)16-6-7-22(32)37-14-16/h6-7,14,17-20,23-24,33,35-36H,5,8-13H2,1-4H3/t17-,18-,19+,20-,23+,24-,26-,27+,28-,29+/m1/s1. The van der Waals surface area contributed by atoms with Crippen LogP contribution in [0, 0.1) is 22.7 Å². The molecule has 3 N–H and O–H groups in total. The third-order valence-corrected chi connectivity index (χ3v) is 10.8.